The quantitative estimate of drug-likeness (QED) is 0.349. The highest BCUT2D eigenvalue weighted by molar-refractivity contribution is 7.22. The SMILES string of the molecule is C=CCN(C(=O)NC)N1CC(=O)N2[C@@H](Cc3ccc4c(c3)NC(=O)CO4)C(=O)N(Cc3cccc4sc(N)nc34)C[C@@H]21. The number of aromatic nitrogens is 1. The molecule has 0 aliphatic carbocycles. The third kappa shape index (κ3) is 4.88. The molecule has 2 atom stereocenters. The third-order valence-electron chi connectivity index (χ3n) is 7.61. The van der Waals surface area contributed by atoms with E-state index in [-0.39, 0.29) is 56.9 Å². The third-order valence-corrected chi connectivity index (χ3v) is 8.46. The van der Waals surface area contributed by atoms with E-state index in [1.54, 1.807) is 33.0 Å². The van der Waals surface area contributed by atoms with Gasteiger partial charge in [-0.15, -0.1) is 6.58 Å². The van der Waals surface area contributed by atoms with Gasteiger partial charge in [0.1, 0.15) is 18.0 Å². The highest BCUT2D eigenvalue weighted by Gasteiger charge is 2.52. The molecule has 0 radical (unpaired) electrons. The Morgan fingerprint density at radius 2 is 2.14 bits per heavy atom. The van der Waals surface area contributed by atoms with E-state index in [0.717, 1.165) is 21.3 Å². The van der Waals surface area contributed by atoms with Gasteiger partial charge >= 0.3 is 6.03 Å². The van der Waals surface area contributed by atoms with Crippen molar-refractivity contribution in [2.75, 3.05) is 44.3 Å². The summed E-state index contributed by atoms with van der Waals surface area (Å²) in [4.78, 5) is 60.2. The number of amides is 5. The number of hydrogen-bond acceptors (Lipinski definition) is 9. The molecule has 2 fully saturated rings. The van der Waals surface area contributed by atoms with Crippen LogP contribution in [0.2, 0.25) is 0 Å². The van der Waals surface area contributed by atoms with Gasteiger partial charge in [-0.25, -0.2) is 9.78 Å². The summed E-state index contributed by atoms with van der Waals surface area (Å²) in [5.74, 6) is -0.217. The number of nitrogens with one attached hydrogen (secondary N) is 2. The zero-order chi connectivity index (χ0) is 29.5. The summed E-state index contributed by atoms with van der Waals surface area (Å²) in [6, 6.07) is 9.83. The first kappa shape index (κ1) is 27.5. The zero-order valence-corrected chi connectivity index (χ0v) is 23.7. The van der Waals surface area contributed by atoms with Crippen molar-refractivity contribution in [1.82, 2.24) is 30.1 Å². The molecule has 4 N–H and O–H groups in total. The summed E-state index contributed by atoms with van der Waals surface area (Å²) in [6.07, 6.45) is 1.18. The predicted octanol–water partition coefficient (Wildman–Crippen LogP) is 1.38. The lowest BCUT2D eigenvalue weighted by Gasteiger charge is -2.46. The monoisotopic (exact) mass is 590 g/mol. The fraction of sp³-hybridized carbons (Fsp3) is 0.321. The van der Waals surface area contributed by atoms with Crippen molar-refractivity contribution in [2.24, 2.45) is 0 Å². The summed E-state index contributed by atoms with van der Waals surface area (Å²) in [7, 11) is 1.52. The van der Waals surface area contributed by atoms with Crippen molar-refractivity contribution < 1.29 is 23.9 Å². The highest BCUT2D eigenvalue weighted by atomic mass is 32.1. The molecule has 0 spiro atoms. The Morgan fingerprint density at radius 3 is 2.93 bits per heavy atom. The maximum Gasteiger partial charge on any atom is 0.332 e. The number of piperazine rings is 1. The predicted molar refractivity (Wildman–Crippen MR) is 156 cm³/mol. The first-order chi connectivity index (χ1) is 20.3. The summed E-state index contributed by atoms with van der Waals surface area (Å²) in [5, 5.41) is 8.99. The number of benzene rings is 2. The molecule has 3 aliphatic heterocycles. The van der Waals surface area contributed by atoms with Crippen LogP contribution >= 0.6 is 11.3 Å². The van der Waals surface area contributed by atoms with Crippen LogP contribution in [-0.4, -0.2) is 94.1 Å². The highest BCUT2D eigenvalue weighted by Crippen LogP contribution is 2.34. The molecule has 6 rings (SSSR count). The standard InChI is InChI=1S/C28H30N8O5S/c1-3-9-34(28(40)30-2)35-14-24(38)36-19(11-16-7-8-20-18(10-16)31-22(37)15-41-20)26(39)33(13-23(35)36)12-17-5-4-6-21-25(17)32-27(29)42-21/h3-8,10,19,23H,1,9,11-15H2,2H3,(H2,29,32)(H,30,40)(H,31,37)/t19-,23+/m0/s1. The van der Waals surface area contributed by atoms with Crippen LogP contribution < -0.4 is 21.1 Å². The first-order valence-electron chi connectivity index (χ1n) is 13.4. The molecule has 2 aromatic carbocycles. The molecule has 1 aromatic heterocycles. The second-order valence-corrected chi connectivity index (χ2v) is 11.3. The lowest BCUT2D eigenvalue weighted by Crippen LogP contribution is -2.65. The van der Waals surface area contributed by atoms with Crippen LogP contribution in [0.5, 0.6) is 5.75 Å². The van der Waals surface area contributed by atoms with Crippen molar-refractivity contribution in [3.05, 3.63) is 60.2 Å². The molecule has 13 nitrogen and oxygen atoms in total. The van der Waals surface area contributed by atoms with Crippen LogP contribution in [0, 0.1) is 0 Å². The smallest absolute Gasteiger partial charge is 0.332 e. The lowest BCUT2D eigenvalue weighted by atomic mass is 9.99. The number of anilines is 2. The second kappa shape index (κ2) is 10.9. The number of ether oxygens (including phenoxy) is 1. The molecule has 218 valence electrons. The Hall–Kier alpha value is -4.69. The minimum absolute atomic E-state index is 0.0633. The number of nitrogen functional groups attached to an aromatic ring is 1. The van der Waals surface area contributed by atoms with Crippen LogP contribution in [0.3, 0.4) is 0 Å². The molecule has 3 aliphatic rings. The molecule has 0 bridgehead atoms. The number of para-hydroxylation sites is 1. The summed E-state index contributed by atoms with van der Waals surface area (Å²) < 4.78 is 6.40. The number of carbonyl (C=O) groups excluding carboxylic acids is 4. The molecule has 5 amide bonds. The van der Waals surface area contributed by atoms with Gasteiger partial charge in [-0.1, -0.05) is 35.6 Å². The average molecular weight is 591 g/mol. The molecule has 0 saturated carbocycles. The van der Waals surface area contributed by atoms with Crippen LogP contribution in [0.15, 0.2) is 49.1 Å². The van der Waals surface area contributed by atoms with Crippen LogP contribution in [-0.2, 0) is 27.3 Å². The number of urea groups is 1. The van der Waals surface area contributed by atoms with Gasteiger partial charge in [0, 0.05) is 20.0 Å². The summed E-state index contributed by atoms with van der Waals surface area (Å²) in [5.41, 5.74) is 8.80. The Balaban J connectivity index is 1.37. The maximum atomic E-state index is 14.2. The Bertz CT molecular complexity index is 1610. The van der Waals surface area contributed by atoms with Crippen LogP contribution in [0.25, 0.3) is 10.2 Å². The van der Waals surface area contributed by atoms with Gasteiger partial charge in [0.25, 0.3) is 5.91 Å². The van der Waals surface area contributed by atoms with Crippen molar-refractivity contribution in [1.29, 1.82) is 0 Å². The summed E-state index contributed by atoms with van der Waals surface area (Å²) in [6.45, 7) is 4.23. The number of rotatable bonds is 7. The minimum atomic E-state index is -0.852. The Morgan fingerprint density at radius 1 is 1.31 bits per heavy atom. The number of carbonyl (C=O) groups is 4. The van der Waals surface area contributed by atoms with E-state index in [9.17, 15) is 19.2 Å². The second-order valence-electron chi connectivity index (χ2n) is 10.2. The molecule has 42 heavy (non-hydrogen) atoms. The average Bonchev–Trinajstić information content (AvgIpc) is 3.52. The number of hydrazine groups is 1. The first-order valence-corrected chi connectivity index (χ1v) is 14.2. The van der Waals surface area contributed by atoms with Crippen molar-refractivity contribution >= 4 is 56.1 Å². The molecule has 4 heterocycles. The lowest BCUT2D eigenvalue weighted by molar-refractivity contribution is -0.157. The van der Waals surface area contributed by atoms with E-state index in [2.05, 4.69) is 22.2 Å². The fourth-order valence-corrected chi connectivity index (χ4v) is 6.56. The molecule has 0 unspecified atom stereocenters. The fourth-order valence-electron chi connectivity index (χ4n) is 5.78. The normalized spacial score (nSPS) is 20.2. The van der Waals surface area contributed by atoms with E-state index < -0.39 is 18.2 Å². The number of nitrogens with zero attached hydrogens (tertiary/aromatic N) is 5. The molecule has 2 saturated heterocycles. The minimum Gasteiger partial charge on any atom is -0.482 e. The largest absolute Gasteiger partial charge is 0.482 e. The van der Waals surface area contributed by atoms with Gasteiger partial charge in [0.15, 0.2) is 11.7 Å². The maximum absolute atomic E-state index is 14.2. The van der Waals surface area contributed by atoms with Crippen molar-refractivity contribution in [2.45, 2.75) is 25.2 Å². The van der Waals surface area contributed by atoms with E-state index in [1.807, 2.05) is 24.3 Å². The van der Waals surface area contributed by atoms with E-state index in [0.29, 0.717) is 16.6 Å². The Kier molecular flexibility index (Phi) is 7.16. The zero-order valence-electron chi connectivity index (χ0n) is 22.9. The van der Waals surface area contributed by atoms with Gasteiger partial charge in [0.2, 0.25) is 11.8 Å². The number of nitrogens with two attached hydrogens (primary N) is 1. The van der Waals surface area contributed by atoms with Crippen molar-refractivity contribution in [3.8, 4) is 5.75 Å². The number of thiazole rings is 1. The van der Waals surface area contributed by atoms with E-state index in [4.69, 9.17) is 10.5 Å². The molecule has 3 aromatic rings. The van der Waals surface area contributed by atoms with Gasteiger partial charge in [-0.2, -0.15) is 5.01 Å². The number of fused-ring (bicyclic) bond motifs is 3. The van der Waals surface area contributed by atoms with E-state index in [1.165, 1.54) is 23.4 Å². The number of hydrogen-bond donors (Lipinski definition) is 3. The van der Waals surface area contributed by atoms with Crippen LogP contribution in [0.1, 0.15) is 11.1 Å². The van der Waals surface area contributed by atoms with Crippen molar-refractivity contribution in [3.63, 3.8) is 0 Å². The van der Waals surface area contributed by atoms with Gasteiger partial charge in [-0.3, -0.25) is 19.4 Å². The Labute approximate surface area is 245 Å². The van der Waals surface area contributed by atoms with Crippen LogP contribution in [0.4, 0.5) is 15.6 Å². The van der Waals surface area contributed by atoms with Gasteiger partial charge in [0.05, 0.1) is 35.5 Å². The molecular formula is C28H30N8O5S. The van der Waals surface area contributed by atoms with Gasteiger partial charge < -0.3 is 30.9 Å². The summed E-state index contributed by atoms with van der Waals surface area (Å²) >= 11 is 1.38. The van der Waals surface area contributed by atoms with Gasteiger partial charge in [-0.05, 0) is 29.3 Å². The van der Waals surface area contributed by atoms with E-state index >= 15 is 0 Å². The molecular weight excluding hydrogens is 560 g/mol. The topological polar surface area (TPSA) is 153 Å². The molecule has 14 heteroatoms.